The molecule has 0 spiro atoms. The van der Waals surface area contributed by atoms with Crippen molar-refractivity contribution >= 4 is 15.9 Å². The first-order valence-electron chi connectivity index (χ1n) is 7.37. The molecule has 1 aromatic carbocycles. The van der Waals surface area contributed by atoms with Gasteiger partial charge in [0.05, 0.1) is 0 Å². The lowest BCUT2D eigenvalue weighted by atomic mass is 9.92. The molecule has 1 N–H and O–H groups in total. The van der Waals surface area contributed by atoms with E-state index in [2.05, 4.69) is 35.1 Å². The summed E-state index contributed by atoms with van der Waals surface area (Å²) in [5, 5.41) is 3.28. The molecule has 2 atom stereocenters. The van der Waals surface area contributed by atoms with Gasteiger partial charge in [-0.25, -0.2) is 8.78 Å². The Hall–Kier alpha value is -0.480. The van der Waals surface area contributed by atoms with Gasteiger partial charge in [-0.05, 0) is 37.4 Å². The molecule has 0 fully saturated rings. The van der Waals surface area contributed by atoms with Crippen LogP contribution in [0.1, 0.15) is 58.1 Å². The summed E-state index contributed by atoms with van der Waals surface area (Å²) in [5.74, 6) is -0.514. The van der Waals surface area contributed by atoms with Crippen LogP contribution in [0.5, 0.6) is 0 Å². The highest BCUT2D eigenvalue weighted by atomic mass is 79.9. The van der Waals surface area contributed by atoms with Gasteiger partial charge in [0, 0.05) is 16.1 Å². The van der Waals surface area contributed by atoms with E-state index in [9.17, 15) is 8.78 Å². The van der Waals surface area contributed by atoms with E-state index in [1.54, 1.807) is 0 Å². The third-order valence-electron chi connectivity index (χ3n) is 3.45. The van der Waals surface area contributed by atoms with Crippen LogP contribution in [0.4, 0.5) is 8.78 Å². The number of hydrogen-bond acceptors (Lipinski definition) is 1. The van der Waals surface area contributed by atoms with E-state index in [-0.39, 0.29) is 11.6 Å². The fraction of sp³-hybridized carbons (Fsp3) is 0.625. The summed E-state index contributed by atoms with van der Waals surface area (Å²) in [6.45, 7) is 7.08. The summed E-state index contributed by atoms with van der Waals surface area (Å²) in [5.41, 5.74) is 0.171. The van der Waals surface area contributed by atoms with Crippen LogP contribution in [-0.4, -0.2) is 6.54 Å². The lowest BCUT2D eigenvalue weighted by Crippen LogP contribution is -2.26. The summed E-state index contributed by atoms with van der Waals surface area (Å²) in [6, 6.07) is 2.41. The summed E-state index contributed by atoms with van der Waals surface area (Å²) in [4.78, 5) is 0. The van der Waals surface area contributed by atoms with Crippen molar-refractivity contribution < 1.29 is 8.78 Å². The van der Waals surface area contributed by atoms with Gasteiger partial charge >= 0.3 is 0 Å². The molecule has 114 valence electrons. The number of benzene rings is 1. The quantitative estimate of drug-likeness (QED) is 0.645. The maximum atomic E-state index is 14.1. The molecular weight excluding hydrogens is 324 g/mol. The first-order chi connectivity index (χ1) is 9.49. The maximum absolute atomic E-state index is 14.1. The Bertz CT molecular complexity index is 400. The van der Waals surface area contributed by atoms with Gasteiger partial charge in [0.2, 0.25) is 0 Å². The van der Waals surface area contributed by atoms with Crippen molar-refractivity contribution in [2.24, 2.45) is 5.92 Å². The fourth-order valence-electron chi connectivity index (χ4n) is 2.52. The van der Waals surface area contributed by atoms with Crippen LogP contribution in [0.15, 0.2) is 16.6 Å². The predicted molar refractivity (Wildman–Crippen MR) is 83.8 cm³/mol. The highest BCUT2D eigenvalue weighted by Crippen LogP contribution is 2.30. The molecule has 0 radical (unpaired) electrons. The summed E-state index contributed by atoms with van der Waals surface area (Å²) in [7, 11) is 0. The molecule has 1 rings (SSSR count). The van der Waals surface area contributed by atoms with Crippen LogP contribution in [-0.2, 0) is 0 Å². The molecule has 20 heavy (non-hydrogen) atoms. The van der Waals surface area contributed by atoms with Crippen molar-refractivity contribution in [1.82, 2.24) is 5.32 Å². The molecule has 1 nitrogen and oxygen atoms in total. The molecule has 0 heterocycles. The first kappa shape index (κ1) is 17.6. The van der Waals surface area contributed by atoms with E-state index >= 15 is 0 Å². The highest BCUT2D eigenvalue weighted by molar-refractivity contribution is 9.10. The number of hydrogen-bond donors (Lipinski definition) is 1. The van der Waals surface area contributed by atoms with Crippen molar-refractivity contribution in [3.05, 3.63) is 33.8 Å². The average Bonchev–Trinajstić information content (AvgIpc) is 2.34. The zero-order chi connectivity index (χ0) is 15.1. The minimum atomic E-state index is -0.478. The molecule has 0 aliphatic heterocycles. The zero-order valence-corrected chi connectivity index (χ0v) is 14.1. The van der Waals surface area contributed by atoms with Crippen LogP contribution in [0, 0.1) is 17.6 Å². The van der Waals surface area contributed by atoms with Gasteiger partial charge in [0.15, 0.2) is 0 Å². The van der Waals surface area contributed by atoms with E-state index in [0.717, 1.165) is 32.2 Å². The Balaban J connectivity index is 2.97. The van der Waals surface area contributed by atoms with E-state index in [1.165, 1.54) is 12.1 Å². The Morgan fingerprint density at radius 3 is 2.25 bits per heavy atom. The monoisotopic (exact) mass is 347 g/mol. The molecule has 0 aliphatic rings. The van der Waals surface area contributed by atoms with Crippen molar-refractivity contribution in [2.45, 2.75) is 52.5 Å². The van der Waals surface area contributed by atoms with Crippen LogP contribution < -0.4 is 5.32 Å². The smallest absolute Gasteiger partial charge is 0.132 e. The van der Waals surface area contributed by atoms with Crippen LogP contribution in [0.3, 0.4) is 0 Å². The second-order valence-electron chi connectivity index (χ2n) is 5.42. The van der Waals surface area contributed by atoms with Gasteiger partial charge < -0.3 is 5.32 Å². The van der Waals surface area contributed by atoms with Gasteiger partial charge in [0.25, 0.3) is 0 Å². The minimum Gasteiger partial charge on any atom is -0.310 e. The number of rotatable bonds is 8. The molecule has 0 aromatic heterocycles. The molecule has 4 heteroatoms. The van der Waals surface area contributed by atoms with Gasteiger partial charge in [-0.1, -0.05) is 49.5 Å². The molecular formula is C16H24BrF2N. The second-order valence-corrected chi connectivity index (χ2v) is 6.34. The van der Waals surface area contributed by atoms with Gasteiger partial charge in [-0.15, -0.1) is 0 Å². The number of nitrogens with one attached hydrogen (secondary N) is 1. The fourth-order valence-corrected chi connectivity index (χ4v) is 2.92. The van der Waals surface area contributed by atoms with Gasteiger partial charge in [-0.3, -0.25) is 0 Å². The van der Waals surface area contributed by atoms with Crippen LogP contribution in [0.2, 0.25) is 0 Å². The van der Waals surface area contributed by atoms with Crippen molar-refractivity contribution in [2.75, 3.05) is 6.54 Å². The molecule has 0 amide bonds. The Labute approximate surface area is 129 Å². The second kappa shape index (κ2) is 8.73. The van der Waals surface area contributed by atoms with Crippen molar-refractivity contribution in [1.29, 1.82) is 0 Å². The SMILES string of the molecule is CCCNC(CC(C)CCC)c1c(F)cc(Br)cc1F. The Kier molecular flexibility index (Phi) is 7.67. The van der Waals surface area contributed by atoms with Crippen molar-refractivity contribution in [3.63, 3.8) is 0 Å². The van der Waals surface area contributed by atoms with E-state index in [4.69, 9.17) is 0 Å². The maximum Gasteiger partial charge on any atom is 0.132 e. The van der Waals surface area contributed by atoms with Crippen LogP contribution in [0.25, 0.3) is 0 Å². The standard InChI is InChI=1S/C16H24BrF2N/c1-4-6-11(3)8-15(20-7-5-2)16-13(18)9-12(17)10-14(16)19/h9-11,15,20H,4-8H2,1-3H3. The van der Waals surface area contributed by atoms with Crippen LogP contribution >= 0.6 is 15.9 Å². The third kappa shape index (κ3) is 5.13. The number of halogens is 3. The topological polar surface area (TPSA) is 12.0 Å². The lowest BCUT2D eigenvalue weighted by Gasteiger charge is -2.23. The molecule has 0 saturated heterocycles. The summed E-state index contributed by atoms with van der Waals surface area (Å²) in [6.07, 6.45) is 3.86. The first-order valence-corrected chi connectivity index (χ1v) is 8.16. The molecule has 0 aliphatic carbocycles. The van der Waals surface area contributed by atoms with E-state index in [0.29, 0.717) is 10.4 Å². The average molecular weight is 348 g/mol. The zero-order valence-electron chi connectivity index (χ0n) is 12.5. The largest absolute Gasteiger partial charge is 0.310 e. The normalized spacial score (nSPS) is 14.3. The third-order valence-corrected chi connectivity index (χ3v) is 3.91. The summed E-state index contributed by atoms with van der Waals surface area (Å²) < 4.78 is 28.7. The highest BCUT2D eigenvalue weighted by Gasteiger charge is 2.22. The van der Waals surface area contributed by atoms with E-state index < -0.39 is 11.6 Å². The molecule has 2 unspecified atom stereocenters. The van der Waals surface area contributed by atoms with E-state index in [1.807, 2.05) is 6.92 Å². The van der Waals surface area contributed by atoms with Gasteiger partial charge in [-0.2, -0.15) is 0 Å². The summed E-state index contributed by atoms with van der Waals surface area (Å²) >= 11 is 3.12. The molecule has 0 bridgehead atoms. The Morgan fingerprint density at radius 1 is 1.15 bits per heavy atom. The minimum absolute atomic E-state index is 0.171. The van der Waals surface area contributed by atoms with Gasteiger partial charge in [0.1, 0.15) is 11.6 Å². The lowest BCUT2D eigenvalue weighted by molar-refractivity contribution is 0.370. The van der Waals surface area contributed by atoms with Crippen molar-refractivity contribution in [3.8, 4) is 0 Å². The molecule has 0 saturated carbocycles. The predicted octanol–water partition coefficient (Wildman–Crippen LogP) is 5.59. The molecule has 1 aromatic rings. The Morgan fingerprint density at radius 2 is 1.75 bits per heavy atom.